The van der Waals surface area contributed by atoms with E-state index in [1.807, 2.05) is 0 Å². The third-order valence-corrected chi connectivity index (χ3v) is 4.63. The Balaban J connectivity index is 2.12. The van der Waals surface area contributed by atoms with Crippen molar-refractivity contribution < 1.29 is 19.5 Å². The second kappa shape index (κ2) is 6.48. The first kappa shape index (κ1) is 15.2. The third-order valence-electron chi connectivity index (χ3n) is 4.63. The van der Waals surface area contributed by atoms with E-state index in [1.165, 1.54) is 0 Å². The van der Waals surface area contributed by atoms with Crippen LogP contribution in [0.1, 0.15) is 51.9 Å². The topological polar surface area (TPSA) is 74.7 Å². The zero-order valence-corrected chi connectivity index (χ0v) is 12.0. The van der Waals surface area contributed by atoms with Crippen molar-refractivity contribution in [2.45, 2.75) is 64.0 Å². The molecule has 3 atom stereocenters. The van der Waals surface area contributed by atoms with Gasteiger partial charge in [0.1, 0.15) is 6.04 Å². The molecule has 0 aromatic heterocycles. The first-order chi connectivity index (χ1) is 9.54. The van der Waals surface area contributed by atoms with Crippen LogP contribution >= 0.6 is 0 Å². The molecule has 2 aliphatic rings. The molecule has 5 heteroatoms. The van der Waals surface area contributed by atoms with Gasteiger partial charge in [-0.2, -0.15) is 0 Å². The van der Waals surface area contributed by atoms with Crippen molar-refractivity contribution in [2.75, 3.05) is 6.54 Å². The molecule has 2 fully saturated rings. The highest BCUT2D eigenvalue weighted by Crippen LogP contribution is 2.33. The zero-order chi connectivity index (χ0) is 14.7. The molecule has 0 bridgehead atoms. The molecule has 2 rings (SSSR count). The van der Waals surface area contributed by atoms with Crippen molar-refractivity contribution in [2.24, 2.45) is 5.92 Å². The van der Waals surface area contributed by atoms with Gasteiger partial charge in [-0.05, 0) is 38.1 Å². The summed E-state index contributed by atoms with van der Waals surface area (Å²) in [7, 11) is 0. The number of carboxylic acid groups (broad SMARTS) is 1. The number of aliphatic carboxylic acids is 1. The van der Waals surface area contributed by atoms with Crippen LogP contribution in [0, 0.1) is 5.92 Å². The van der Waals surface area contributed by atoms with Crippen LogP contribution in [0.4, 0.5) is 0 Å². The highest BCUT2D eigenvalue weighted by atomic mass is 16.4. The van der Waals surface area contributed by atoms with Crippen molar-refractivity contribution in [3.05, 3.63) is 0 Å². The SMILES string of the molecule is CCCC(C1CCC(=O)C(=O)C1)N1CCC[C@H]1C(=O)O. The lowest BCUT2D eigenvalue weighted by Gasteiger charge is -2.38. The average molecular weight is 281 g/mol. The van der Waals surface area contributed by atoms with Crippen LogP contribution in [0.5, 0.6) is 0 Å². The van der Waals surface area contributed by atoms with Crippen molar-refractivity contribution in [3.63, 3.8) is 0 Å². The summed E-state index contributed by atoms with van der Waals surface area (Å²) in [5.41, 5.74) is 0. The van der Waals surface area contributed by atoms with Gasteiger partial charge in [0.25, 0.3) is 0 Å². The molecule has 2 unspecified atom stereocenters. The molecule has 1 heterocycles. The van der Waals surface area contributed by atoms with Crippen LogP contribution in [0.2, 0.25) is 0 Å². The van der Waals surface area contributed by atoms with Crippen LogP contribution in [-0.4, -0.2) is 46.2 Å². The molecule has 0 radical (unpaired) electrons. The molecule has 0 aromatic rings. The summed E-state index contributed by atoms with van der Waals surface area (Å²) in [4.78, 5) is 36.4. The molecule has 1 N–H and O–H groups in total. The Bertz CT molecular complexity index is 407. The van der Waals surface area contributed by atoms with E-state index in [1.54, 1.807) is 0 Å². The molecular weight excluding hydrogens is 258 g/mol. The smallest absolute Gasteiger partial charge is 0.320 e. The van der Waals surface area contributed by atoms with Gasteiger partial charge >= 0.3 is 5.97 Å². The number of ketones is 2. The van der Waals surface area contributed by atoms with Gasteiger partial charge in [0.15, 0.2) is 11.6 Å². The van der Waals surface area contributed by atoms with Gasteiger partial charge in [-0.1, -0.05) is 13.3 Å². The summed E-state index contributed by atoms with van der Waals surface area (Å²) in [6.07, 6.45) is 4.80. The third kappa shape index (κ3) is 3.08. The Morgan fingerprint density at radius 3 is 2.70 bits per heavy atom. The van der Waals surface area contributed by atoms with Crippen molar-refractivity contribution >= 4 is 17.5 Å². The minimum absolute atomic E-state index is 0.126. The standard InChI is InChI=1S/C15H23NO4/c1-2-4-11(10-6-7-13(17)14(18)9-10)16-8-3-5-12(16)15(19)20/h10-12H,2-9H2,1H3,(H,19,20)/t10?,11?,12-/m0/s1. The molecule has 0 spiro atoms. The fraction of sp³-hybridized carbons (Fsp3) is 0.800. The van der Waals surface area contributed by atoms with E-state index < -0.39 is 12.0 Å². The van der Waals surface area contributed by atoms with Crippen LogP contribution in [0.3, 0.4) is 0 Å². The molecule has 0 aromatic carbocycles. The summed E-state index contributed by atoms with van der Waals surface area (Å²) in [6.45, 7) is 2.87. The number of Topliss-reactive ketones (excluding diaryl/α,β-unsaturated/α-hetero) is 2. The molecule has 20 heavy (non-hydrogen) atoms. The van der Waals surface area contributed by atoms with Crippen LogP contribution in [-0.2, 0) is 14.4 Å². The Morgan fingerprint density at radius 2 is 2.10 bits per heavy atom. The molecule has 1 aliphatic heterocycles. The Hall–Kier alpha value is -1.23. The van der Waals surface area contributed by atoms with E-state index in [0.717, 1.165) is 32.2 Å². The van der Waals surface area contributed by atoms with Gasteiger partial charge in [-0.3, -0.25) is 19.3 Å². The molecule has 1 saturated heterocycles. The summed E-state index contributed by atoms with van der Waals surface area (Å²) < 4.78 is 0. The van der Waals surface area contributed by atoms with Gasteiger partial charge in [0.05, 0.1) is 0 Å². The first-order valence-electron chi connectivity index (χ1n) is 7.59. The Labute approximate surface area is 119 Å². The molecule has 5 nitrogen and oxygen atoms in total. The summed E-state index contributed by atoms with van der Waals surface area (Å²) in [6, 6.07) is -0.292. The van der Waals surface area contributed by atoms with Crippen molar-refractivity contribution in [1.29, 1.82) is 0 Å². The Morgan fingerprint density at radius 1 is 1.35 bits per heavy atom. The quantitative estimate of drug-likeness (QED) is 0.775. The highest BCUT2D eigenvalue weighted by molar-refractivity contribution is 6.37. The average Bonchev–Trinajstić information content (AvgIpc) is 2.88. The summed E-state index contributed by atoms with van der Waals surface area (Å²) in [5, 5.41) is 9.33. The molecule has 1 saturated carbocycles. The number of carbonyl (C=O) groups is 3. The van der Waals surface area contributed by atoms with E-state index in [-0.39, 0.29) is 23.5 Å². The number of carbonyl (C=O) groups excluding carboxylic acids is 2. The van der Waals surface area contributed by atoms with E-state index in [9.17, 15) is 19.5 Å². The van der Waals surface area contributed by atoms with E-state index in [0.29, 0.717) is 19.3 Å². The normalized spacial score (nSPS) is 29.6. The number of rotatable bonds is 5. The number of nitrogens with zero attached hydrogens (tertiary/aromatic N) is 1. The van der Waals surface area contributed by atoms with Gasteiger partial charge in [0, 0.05) is 18.9 Å². The first-order valence-corrected chi connectivity index (χ1v) is 7.59. The van der Waals surface area contributed by atoms with Gasteiger partial charge < -0.3 is 5.11 Å². The lowest BCUT2D eigenvalue weighted by atomic mass is 9.80. The Kier molecular flexibility index (Phi) is 4.91. The fourth-order valence-electron chi connectivity index (χ4n) is 3.66. The van der Waals surface area contributed by atoms with Crippen molar-refractivity contribution in [3.8, 4) is 0 Å². The van der Waals surface area contributed by atoms with Crippen molar-refractivity contribution in [1.82, 2.24) is 4.90 Å². The predicted octanol–water partition coefficient (Wildman–Crippen LogP) is 1.64. The number of carboxylic acids is 1. The second-order valence-electron chi connectivity index (χ2n) is 5.94. The van der Waals surface area contributed by atoms with Gasteiger partial charge in [0.2, 0.25) is 0 Å². The second-order valence-corrected chi connectivity index (χ2v) is 5.94. The van der Waals surface area contributed by atoms with Crippen LogP contribution in [0.15, 0.2) is 0 Å². The van der Waals surface area contributed by atoms with Gasteiger partial charge in [-0.25, -0.2) is 0 Å². The maximum absolute atomic E-state index is 11.7. The highest BCUT2D eigenvalue weighted by Gasteiger charge is 2.40. The van der Waals surface area contributed by atoms with E-state index in [4.69, 9.17) is 0 Å². The van der Waals surface area contributed by atoms with Gasteiger partial charge in [-0.15, -0.1) is 0 Å². The number of likely N-dealkylation sites (tertiary alicyclic amines) is 1. The molecular formula is C15H23NO4. The minimum atomic E-state index is -0.762. The monoisotopic (exact) mass is 281 g/mol. The number of hydrogen-bond acceptors (Lipinski definition) is 4. The maximum Gasteiger partial charge on any atom is 0.320 e. The van der Waals surface area contributed by atoms with Crippen LogP contribution < -0.4 is 0 Å². The zero-order valence-electron chi connectivity index (χ0n) is 12.0. The lowest BCUT2D eigenvalue weighted by molar-refractivity contribution is -0.144. The van der Waals surface area contributed by atoms with E-state index in [2.05, 4.69) is 11.8 Å². The predicted molar refractivity (Wildman–Crippen MR) is 73.4 cm³/mol. The molecule has 112 valence electrons. The maximum atomic E-state index is 11.7. The van der Waals surface area contributed by atoms with E-state index >= 15 is 0 Å². The molecule has 1 aliphatic carbocycles. The van der Waals surface area contributed by atoms with Crippen LogP contribution in [0.25, 0.3) is 0 Å². The summed E-state index contributed by atoms with van der Waals surface area (Å²) in [5.74, 6) is -1.15. The minimum Gasteiger partial charge on any atom is -0.480 e. The number of hydrogen-bond donors (Lipinski definition) is 1. The molecule has 0 amide bonds. The lowest BCUT2D eigenvalue weighted by Crippen LogP contribution is -2.48. The largest absolute Gasteiger partial charge is 0.480 e. The summed E-state index contributed by atoms with van der Waals surface area (Å²) >= 11 is 0. The fourth-order valence-corrected chi connectivity index (χ4v) is 3.66.